The number of fused-ring (bicyclic) bond motifs is 1. The van der Waals surface area contributed by atoms with Gasteiger partial charge in [0.2, 0.25) is 0 Å². The quantitative estimate of drug-likeness (QED) is 0.508. The highest BCUT2D eigenvalue weighted by Gasteiger charge is 2.19. The fourth-order valence-electron chi connectivity index (χ4n) is 4.16. The van der Waals surface area contributed by atoms with Crippen LogP contribution in [0, 0.1) is 5.82 Å². The zero-order valence-corrected chi connectivity index (χ0v) is 17.8. The van der Waals surface area contributed by atoms with Gasteiger partial charge in [0.15, 0.2) is 11.6 Å². The van der Waals surface area contributed by atoms with Crippen molar-refractivity contribution < 1.29 is 9.18 Å². The van der Waals surface area contributed by atoms with E-state index < -0.39 is 11.7 Å². The van der Waals surface area contributed by atoms with E-state index in [2.05, 4.69) is 27.3 Å². The van der Waals surface area contributed by atoms with Crippen molar-refractivity contribution in [1.82, 2.24) is 19.7 Å². The molecule has 0 bridgehead atoms. The van der Waals surface area contributed by atoms with E-state index in [-0.39, 0.29) is 5.82 Å². The predicted octanol–water partition coefficient (Wildman–Crippen LogP) is 4.76. The molecule has 0 aliphatic carbocycles. The number of benzene rings is 2. The topological polar surface area (TPSA) is 63.1 Å². The van der Waals surface area contributed by atoms with Crippen LogP contribution in [0.15, 0.2) is 67.1 Å². The summed E-state index contributed by atoms with van der Waals surface area (Å²) >= 11 is 0. The highest BCUT2D eigenvalue weighted by molar-refractivity contribution is 6.04. The Labute approximate surface area is 185 Å². The first kappa shape index (κ1) is 20.3. The molecule has 7 heteroatoms. The molecule has 1 N–H and O–H groups in total. The fourth-order valence-corrected chi connectivity index (χ4v) is 4.16. The lowest BCUT2D eigenvalue weighted by Gasteiger charge is -2.28. The number of pyridine rings is 1. The molecule has 32 heavy (non-hydrogen) atoms. The molecule has 4 aromatic rings. The third-order valence-corrected chi connectivity index (χ3v) is 6.10. The average molecular weight is 429 g/mol. The molecule has 162 valence electrons. The molecular formula is C25H24FN5O. The van der Waals surface area contributed by atoms with Crippen LogP contribution >= 0.6 is 0 Å². The molecule has 1 amide bonds. The van der Waals surface area contributed by atoms with Crippen molar-refractivity contribution in [2.45, 2.75) is 18.9 Å². The van der Waals surface area contributed by atoms with E-state index in [1.807, 2.05) is 35.3 Å². The summed E-state index contributed by atoms with van der Waals surface area (Å²) in [6, 6.07) is 14.7. The van der Waals surface area contributed by atoms with Crippen molar-refractivity contribution in [2.24, 2.45) is 0 Å². The van der Waals surface area contributed by atoms with Crippen LogP contribution in [0.25, 0.3) is 21.9 Å². The van der Waals surface area contributed by atoms with Crippen LogP contribution in [0.2, 0.25) is 0 Å². The van der Waals surface area contributed by atoms with E-state index in [1.54, 1.807) is 36.5 Å². The van der Waals surface area contributed by atoms with Gasteiger partial charge in [-0.25, -0.2) is 9.37 Å². The highest BCUT2D eigenvalue weighted by Crippen LogP contribution is 2.30. The summed E-state index contributed by atoms with van der Waals surface area (Å²) in [6.07, 6.45) is 7.58. The summed E-state index contributed by atoms with van der Waals surface area (Å²) in [7, 11) is 2.14. The number of halogens is 1. The van der Waals surface area contributed by atoms with Gasteiger partial charge in [-0.15, -0.1) is 0 Å². The molecule has 1 saturated heterocycles. The fraction of sp³-hybridized carbons (Fsp3) is 0.240. The van der Waals surface area contributed by atoms with Gasteiger partial charge < -0.3 is 10.2 Å². The van der Waals surface area contributed by atoms with Crippen LogP contribution in [0.5, 0.6) is 0 Å². The van der Waals surface area contributed by atoms with Crippen LogP contribution in [0.1, 0.15) is 29.2 Å². The second-order valence-corrected chi connectivity index (χ2v) is 8.29. The smallest absolute Gasteiger partial charge is 0.256 e. The molecule has 2 aromatic heterocycles. The van der Waals surface area contributed by atoms with E-state index in [9.17, 15) is 4.79 Å². The maximum absolute atomic E-state index is 15.3. The molecule has 0 spiro atoms. The van der Waals surface area contributed by atoms with Crippen LogP contribution in [-0.2, 0) is 0 Å². The third kappa shape index (κ3) is 3.99. The van der Waals surface area contributed by atoms with E-state index in [4.69, 9.17) is 0 Å². The number of hydrogen-bond donors (Lipinski definition) is 1. The molecule has 1 fully saturated rings. The van der Waals surface area contributed by atoms with Gasteiger partial charge >= 0.3 is 0 Å². The van der Waals surface area contributed by atoms with Crippen LogP contribution in [-0.4, -0.2) is 45.7 Å². The largest absolute Gasteiger partial charge is 0.306 e. The second kappa shape index (κ2) is 8.51. The van der Waals surface area contributed by atoms with Gasteiger partial charge in [-0.3, -0.25) is 9.48 Å². The summed E-state index contributed by atoms with van der Waals surface area (Å²) in [6.45, 7) is 2.12. The van der Waals surface area contributed by atoms with E-state index >= 15 is 4.39 Å². The van der Waals surface area contributed by atoms with Gasteiger partial charge in [0, 0.05) is 34.3 Å². The number of hydrogen-bond acceptors (Lipinski definition) is 4. The van der Waals surface area contributed by atoms with Crippen LogP contribution in [0.4, 0.5) is 10.2 Å². The maximum Gasteiger partial charge on any atom is 0.256 e. The van der Waals surface area contributed by atoms with Crippen molar-refractivity contribution in [2.75, 3.05) is 25.5 Å². The van der Waals surface area contributed by atoms with Crippen molar-refractivity contribution in [3.05, 3.63) is 78.5 Å². The standard InChI is InChI=1S/C25H24FN5O/c1-30-11-9-21(10-12-30)31-16-20(15-28-31)18-7-8-19-14-27-24(23(26)22(19)13-18)29-25(32)17-5-3-2-4-6-17/h2-8,13-16,21H,9-12H2,1H3,(H,27,29,32). The summed E-state index contributed by atoms with van der Waals surface area (Å²) in [5.74, 6) is -1.02. The zero-order valence-electron chi connectivity index (χ0n) is 17.8. The number of carbonyl (C=O) groups is 1. The van der Waals surface area contributed by atoms with E-state index in [0.29, 0.717) is 22.4 Å². The molecule has 1 aliphatic heterocycles. The number of piperidine rings is 1. The number of anilines is 1. The normalized spacial score (nSPS) is 15.2. The number of amides is 1. The minimum atomic E-state index is -0.545. The van der Waals surface area contributed by atoms with Crippen LogP contribution < -0.4 is 5.32 Å². The molecule has 0 saturated carbocycles. The van der Waals surface area contributed by atoms with Gasteiger partial charge in [0.25, 0.3) is 5.91 Å². The number of likely N-dealkylation sites (tertiary alicyclic amines) is 1. The summed E-state index contributed by atoms with van der Waals surface area (Å²) in [4.78, 5) is 18.9. The first-order valence-corrected chi connectivity index (χ1v) is 10.8. The van der Waals surface area contributed by atoms with E-state index in [0.717, 1.165) is 37.1 Å². The van der Waals surface area contributed by atoms with Gasteiger partial charge in [0.1, 0.15) is 0 Å². The van der Waals surface area contributed by atoms with Crippen molar-refractivity contribution in [3.8, 4) is 11.1 Å². The molecule has 2 aromatic carbocycles. The molecule has 0 unspecified atom stereocenters. The first-order valence-electron chi connectivity index (χ1n) is 10.8. The first-order chi connectivity index (χ1) is 15.6. The van der Waals surface area contributed by atoms with Crippen molar-refractivity contribution in [3.63, 3.8) is 0 Å². The second-order valence-electron chi connectivity index (χ2n) is 8.29. The molecule has 1 aliphatic rings. The Morgan fingerprint density at radius 2 is 1.84 bits per heavy atom. The number of carbonyl (C=O) groups excluding carboxylic acids is 1. The monoisotopic (exact) mass is 429 g/mol. The maximum atomic E-state index is 15.3. The summed E-state index contributed by atoms with van der Waals surface area (Å²) in [5.41, 5.74) is 2.27. The Morgan fingerprint density at radius 1 is 1.06 bits per heavy atom. The summed E-state index contributed by atoms with van der Waals surface area (Å²) < 4.78 is 17.3. The lowest BCUT2D eigenvalue weighted by Crippen LogP contribution is -2.31. The van der Waals surface area contributed by atoms with Crippen molar-refractivity contribution in [1.29, 1.82) is 0 Å². The Kier molecular flexibility index (Phi) is 5.41. The minimum absolute atomic E-state index is 0.0782. The molecule has 3 heterocycles. The van der Waals surface area contributed by atoms with Gasteiger partial charge in [-0.2, -0.15) is 5.10 Å². The number of rotatable bonds is 4. The van der Waals surface area contributed by atoms with Crippen molar-refractivity contribution >= 4 is 22.5 Å². The molecule has 6 nitrogen and oxygen atoms in total. The van der Waals surface area contributed by atoms with Gasteiger partial charge in [-0.1, -0.05) is 30.3 Å². The number of nitrogens with zero attached hydrogens (tertiary/aromatic N) is 4. The number of nitrogens with one attached hydrogen (secondary N) is 1. The summed E-state index contributed by atoms with van der Waals surface area (Å²) in [5, 5.41) is 8.24. The Balaban J connectivity index is 1.42. The molecule has 5 rings (SSSR count). The Hall–Kier alpha value is -3.58. The zero-order chi connectivity index (χ0) is 22.1. The SMILES string of the molecule is CN1CCC(n2cc(-c3ccc4cnc(NC(=O)c5ccccc5)c(F)c4c3)cn2)CC1. The number of aromatic nitrogens is 3. The Bertz CT molecular complexity index is 1260. The molecular weight excluding hydrogens is 405 g/mol. The van der Waals surface area contributed by atoms with E-state index in [1.165, 1.54) is 0 Å². The average Bonchev–Trinajstić information content (AvgIpc) is 3.32. The lowest BCUT2D eigenvalue weighted by atomic mass is 10.0. The lowest BCUT2D eigenvalue weighted by molar-refractivity contribution is 0.102. The predicted molar refractivity (Wildman–Crippen MR) is 123 cm³/mol. The van der Waals surface area contributed by atoms with Crippen LogP contribution in [0.3, 0.4) is 0 Å². The molecule has 0 atom stereocenters. The Morgan fingerprint density at radius 3 is 2.62 bits per heavy atom. The third-order valence-electron chi connectivity index (χ3n) is 6.10. The van der Waals surface area contributed by atoms with Gasteiger partial charge in [-0.05, 0) is 56.7 Å². The minimum Gasteiger partial charge on any atom is -0.306 e. The van der Waals surface area contributed by atoms with Gasteiger partial charge in [0.05, 0.1) is 12.2 Å². The molecule has 0 radical (unpaired) electrons. The highest BCUT2D eigenvalue weighted by atomic mass is 19.1.